The maximum atomic E-state index is 11.7. The minimum absolute atomic E-state index is 0.382. The fourth-order valence-corrected chi connectivity index (χ4v) is 3.53. The number of primary amides is 1. The molecule has 0 saturated heterocycles. The second-order valence-corrected chi connectivity index (χ2v) is 6.40. The molecule has 2 rings (SSSR count). The molecule has 0 spiro atoms. The number of carbonyl (C=O) groups excluding carboxylic acids is 1. The number of nitrogens with zero attached hydrogens (tertiary/aromatic N) is 1. The summed E-state index contributed by atoms with van der Waals surface area (Å²) in [5, 5.41) is 0. The van der Waals surface area contributed by atoms with Crippen molar-refractivity contribution in [1.29, 1.82) is 0 Å². The molecule has 1 aromatic carbocycles. The molecule has 2 unspecified atom stereocenters. The van der Waals surface area contributed by atoms with Crippen molar-refractivity contribution >= 4 is 27.5 Å². The van der Waals surface area contributed by atoms with Gasteiger partial charge in [0, 0.05) is 23.2 Å². The molecule has 0 aliphatic heterocycles. The predicted molar refractivity (Wildman–Crippen MR) is 85.9 cm³/mol. The molecular weight excluding hydrogens is 318 g/mol. The van der Waals surface area contributed by atoms with E-state index >= 15 is 0 Å². The Bertz CT molecular complexity index is 492. The number of hydrogen-bond donors (Lipinski definition) is 2. The van der Waals surface area contributed by atoms with Gasteiger partial charge < -0.3 is 16.4 Å². The van der Waals surface area contributed by atoms with Gasteiger partial charge in [-0.25, -0.2) is 0 Å². The molecule has 5 heteroatoms. The molecule has 0 bridgehead atoms. The first-order valence-corrected chi connectivity index (χ1v) is 7.86. The summed E-state index contributed by atoms with van der Waals surface area (Å²) in [7, 11) is 2.04. The molecule has 4 N–H and O–H groups in total. The summed E-state index contributed by atoms with van der Waals surface area (Å²) in [6.07, 6.45) is 4.74. The van der Waals surface area contributed by atoms with Crippen LogP contribution < -0.4 is 16.4 Å². The number of carbonyl (C=O) groups is 1. The van der Waals surface area contributed by atoms with Crippen LogP contribution in [0.15, 0.2) is 22.7 Å². The van der Waals surface area contributed by atoms with Crippen molar-refractivity contribution in [3.05, 3.63) is 28.2 Å². The van der Waals surface area contributed by atoms with Gasteiger partial charge in [-0.2, -0.15) is 0 Å². The Morgan fingerprint density at radius 3 is 2.75 bits per heavy atom. The number of anilines is 1. The predicted octanol–water partition coefficient (Wildman–Crippen LogP) is 2.50. The molecule has 110 valence electrons. The van der Waals surface area contributed by atoms with Gasteiger partial charge in [0.2, 0.25) is 0 Å². The first-order valence-electron chi connectivity index (χ1n) is 7.07. The molecule has 2 atom stereocenters. The molecule has 20 heavy (non-hydrogen) atoms. The van der Waals surface area contributed by atoms with Crippen molar-refractivity contribution in [2.45, 2.75) is 31.7 Å². The lowest BCUT2D eigenvalue weighted by molar-refractivity contribution is 0.100. The summed E-state index contributed by atoms with van der Waals surface area (Å²) in [5.74, 6) is 0.0892. The highest BCUT2D eigenvalue weighted by Crippen LogP contribution is 2.32. The SMILES string of the molecule is CN(c1ccc(Br)cc1C(N)=O)C1CCCCC1CN. The molecule has 0 heterocycles. The third-order valence-electron chi connectivity index (χ3n) is 4.27. The van der Waals surface area contributed by atoms with Crippen LogP contribution in [0.1, 0.15) is 36.0 Å². The molecule has 1 fully saturated rings. The summed E-state index contributed by atoms with van der Waals surface area (Å²) in [4.78, 5) is 13.8. The van der Waals surface area contributed by atoms with E-state index < -0.39 is 5.91 Å². The first kappa shape index (κ1) is 15.3. The summed E-state index contributed by atoms with van der Waals surface area (Å²) in [5.41, 5.74) is 12.9. The zero-order valence-corrected chi connectivity index (χ0v) is 13.4. The second kappa shape index (κ2) is 6.59. The standard InChI is InChI=1S/C15H22BrN3O/c1-19(13-5-3-2-4-10(13)9-17)14-7-6-11(16)8-12(14)15(18)20/h6-8,10,13H,2-5,9,17H2,1H3,(H2,18,20). The van der Waals surface area contributed by atoms with Gasteiger partial charge in [0.1, 0.15) is 0 Å². The normalized spacial score (nSPS) is 22.6. The highest BCUT2D eigenvalue weighted by Gasteiger charge is 2.29. The van der Waals surface area contributed by atoms with Crippen molar-refractivity contribution in [1.82, 2.24) is 0 Å². The second-order valence-electron chi connectivity index (χ2n) is 5.48. The highest BCUT2D eigenvalue weighted by molar-refractivity contribution is 9.10. The fourth-order valence-electron chi connectivity index (χ4n) is 3.16. The molecule has 4 nitrogen and oxygen atoms in total. The Balaban J connectivity index is 2.32. The Morgan fingerprint density at radius 2 is 2.10 bits per heavy atom. The topological polar surface area (TPSA) is 72.3 Å². The molecule has 1 amide bonds. The van der Waals surface area contributed by atoms with Crippen LogP contribution in [0, 0.1) is 5.92 Å². The van der Waals surface area contributed by atoms with E-state index in [1.165, 1.54) is 12.8 Å². The third-order valence-corrected chi connectivity index (χ3v) is 4.77. The zero-order chi connectivity index (χ0) is 14.7. The van der Waals surface area contributed by atoms with Crippen molar-refractivity contribution in [2.24, 2.45) is 17.4 Å². The van der Waals surface area contributed by atoms with Crippen molar-refractivity contribution in [2.75, 3.05) is 18.5 Å². The van der Waals surface area contributed by atoms with E-state index in [9.17, 15) is 4.79 Å². The number of hydrogen-bond acceptors (Lipinski definition) is 3. The first-order chi connectivity index (χ1) is 9.54. The zero-order valence-electron chi connectivity index (χ0n) is 11.8. The Hall–Kier alpha value is -1.07. The van der Waals surface area contributed by atoms with Crippen LogP contribution in [0.4, 0.5) is 5.69 Å². The molecular formula is C15H22BrN3O. The van der Waals surface area contributed by atoms with Crippen LogP contribution in [-0.2, 0) is 0 Å². The van der Waals surface area contributed by atoms with Crippen LogP contribution in [0.25, 0.3) is 0 Å². The van der Waals surface area contributed by atoms with Gasteiger partial charge in [-0.15, -0.1) is 0 Å². The third kappa shape index (κ3) is 3.15. The van der Waals surface area contributed by atoms with Gasteiger partial charge in [0.25, 0.3) is 5.91 Å². The van der Waals surface area contributed by atoms with E-state index in [2.05, 4.69) is 20.8 Å². The van der Waals surface area contributed by atoms with E-state index in [0.717, 1.165) is 23.0 Å². The quantitative estimate of drug-likeness (QED) is 0.885. The molecule has 0 aromatic heterocycles. The van der Waals surface area contributed by atoms with Gasteiger partial charge in [-0.3, -0.25) is 4.79 Å². The van der Waals surface area contributed by atoms with Gasteiger partial charge in [0.05, 0.1) is 5.56 Å². The lowest BCUT2D eigenvalue weighted by atomic mass is 9.83. The van der Waals surface area contributed by atoms with Gasteiger partial charge in [-0.05, 0) is 43.5 Å². The van der Waals surface area contributed by atoms with E-state index in [1.807, 2.05) is 19.2 Å². The lowest BCUT2D eigenvalue weighted by Crippen LogP contribution is -2.43. The van der Waals surface area contributed by atoms with Crippen LogP contribution in [-0.4, -0.2) is 25.5 Å². The van der Waals surface area contributed by atoms with E-state index in [-0.39, 0.29) is 0 Å². The minimum atomic E-state index is -0.395. The monoisotopic (exact) mass is 339 g/mol. The van der Waals surface area contributed by atoms with Crippen LogP contribution in [0.5, 0.6) is 0 Å². The number of rotatable bonds is 4. The Morgan fingerprint density at radius 1 is 1.40 bits per heavy atom. The number of nitrogens with two attached hydrogens (primary N) is 2. The lowest BCUT2D eigenvalue weighted by Gasteiger charge is -2.39. The maximum absolute atomic E-state index is 11.7. The van der Waals surface area contributed by atoms with E-state index in [4.69, 9.17) is 11.5 Å². The van der Waals surface area contributed by atoms with E-state index in [1.54, 1.807) is 6.07 Å². The number of halogens is 1. The van der Waals surface area contributed by atoms with Crippen molar-refractivity contribution in [3.8, 4) is 0 Å². The van der Waals surface area contributed by atoms with E-state index in [0.29, 0.717) is 24.1 Å². The summed E-state index contributed by atoms with van der Waals surface area (Å²) in [6, 6.07) is 6.06. The molecule has 1 saturated carbocycles. The smallest absolute Gasteiger partial charge is 0.250 e. The Kier molecular flexibility index (Phi) is 5.05. The van der Waals surface area contributed by atoms with Gasteiger partial charge >= 0.3 is 0 Å². The molecule has 1 aliphatic carbocycles. The molecule has 1 aromatic rings. The molecule has 1 aliphatic rings. The van der Waals surface area contributed by atoms with Crippen LogP contribution in [0.3, 0.4) is 0 Å². The highest BCUT2D eigenvalue weighted by atomic mass is 79.9. The van der Waals surface area contributed by atoms with Gasteiger partial charge in [-0.1, -0.05) is 28.8 Å². The van der Waals surface area contributed by atoms with Crippen molar-refractivity contribution in [3.63, 3.8) is 0 Å². The summed E-state index contributed by atoms with van der Waals surface area (Å²) >= 11 is 3.39. The van der Waals surface area contributed by atoms with Gasteiger partial charge in [0.15, 0.2) is 0 Å². The average Bonchev–Trinajstić information content (AvgIpc) is 2.46. The number of amides is 1. The van der Waals surface area contributed by atoms with Crippen LogP contribution >= 0.6 is 15.9 Å². The van der Waals surface area contributed by atoms with Crippen LogP contribution in [0.2, 0.25) is 0 Å². The fraction of sp³-hybridized carbons (Fsp3) is 0.533. The summed E-state index contributed by atoms with van der Waals surface area (Å²) in [6.45, 7) is 0.692. The van der Waals surface area contributed by atoms with Crippen molar-refractivity contribution < 1.29 is 4.79 Å². The Labute approximate surface area is 128 Å². The molecule has 0 radical (unpaired) electrons. The largest absolute Gasteiger partial charge is 0.371 e. The number of benzene rings is 1. The summed E-state index contributed by atoms with van der Waals surface area (Å²) < 4.78 is 0.863. The minimum Gasteiger partial charge on any atom is -0.371 e. The maximum Gasteiger partial charge on any atom is 0.250 e. The average molecular weight is 340 g/mol.